The van der Waals surface area contributed by atoms with Gasteiger partial charge in [0.1, 0.15) is 0 Å². The van der Waals surface area contributed by atoms with Crippen LogP contribution in [0.4, 0.5) is 5.69 Å². The molecule has 0 aliphatic carbocycles. The van der Waals surface area contributed by atoms with E-state index in [9.17, 15) is 14.9 Å². The lowest BCUT2D eigenvalue weighted by Gasteiger charge is -1.98. The Balaban J connectivity index is 1.95. The monoisotopic (exact) mass is 294 g/mol. The maximum Gasteiger partial charge on any atom is 0.363 e. The number of non-ortho nitro benzene ring substituents is 1. The Morgan fingerprint density at radius 3 is 2.59 bits per heavy atom. The predicted octanol–water partition coefficient (Wildman–Crippen LogP) is 2.94. The van der Waals surface area contributed by atoms with Crippen LogP contribution in [0.15, 0.2) is 65.3 Å². The van der Waals surface area contributed by atoms with E-state index in [0.717, 1.165) is 5.56 Å². The molecule has 0 amide bonds. The van der Waals surface area contributed by atoms with Gasteiger partial charge in [-0.15, -0.1) is 0 Å². The van der Waals surface area contributed by atoms with Crippen molar-refractivity contribution in [1.29, 1.82) is 0 Å². The fourth-order valence-corrected chi connectivity index (χ4v) is 1.99. The first-order chi connectivity index (χ1) is 10.6. The molecule has 3 rings (SSSR count). The van der Waals surface area contributed by atoms with Crippen molar-refractivity contribution >= 4 is 23.6 Å². The van der Waals surface area contributed by atoms with Gasteiger partial charge in [0.15, 0.2) is 5.70 Å². The molecule has 0 bridgehead atoms. The lowest BCUT2D eigenvalue weighted by atomic mass is 10.2. The molecule has 1 aliphatic heterocycles. The summed E-state index contributed by atoms with van der Waals surface area (Å²) >= 11 is 0. The third-order valence-corrected chi connectivity index (χ3v) is 3.03. The summed E-state index contributed by atoms with van der Waals surface area (Å²) in [6.45, 7) is 0. The minimum absolute atomic E-state index is 0.0656. The van der Waals surface area contributed by atoms with Gasteiger partial charge in [-0.3, -0.25) is 10.1 Å². The number of cyclic esters (lactones) is 1. The second kappa shape index (κ2) is 5.61. The molecule has 6 heteroatoms. The van der Waals surface area contributed by atoms with Crippen LogP contribution in [-0.4, -0.2) is 16.8 Å². The van der Waals surface area contributed by atoms with E-state index in [1.54, 1.807) is 12.1 Å². The molecule has 0 atom stereocenters. The number of carbonyl (C=O) groups is 1. The highest BCUT2D eigenvalue weighted by molar-refractivity contribution is 6.13. The fourth-order valence-electron chi connectivity index (χ4n) is 1.99. The highest BCUT2D eigenvalue weighted by Crippen LogP contribution is 2.21. The zero-order valence-electron chi connectivity index (χ0n) is 11.3. The second-order valence-corrected chi connectivity index (χ2v) is 4.55. The average Bonchev–Trinajstić information content (AvgIpc) is 2.89. The van der Waals surface area contributed by atoms with Crippen LogP contribution in [0.5, 0.6) is 0 Å². The molecule has 2 aromatic rings. The summed E-state index contributed by atoms with van der Waals surface area (Å²) in [5.74, 6) is -0.513. The molecule has 1 aliphatic rings. The topological polar surface area (TPSA) is 81.8 Å². The standard InChI is InChI=1S/C16H10N2O4/c19-16-14(9-11-5-2-1-3-6-11)17-15(22-16)12-7-4-8-13(10-12)18(20)21/h1-10H/b14-9-. The van der Waals surface area contributed by atoms with Crippen LogP contribution in [0.2, 0.25) is 0 Å². The van der Waals surface area contributed by atoms with Gasteiger partial charge in [0.2, 0.25) is 5.90 Å². The molecular formula is C16H10N2O4. The number of nitro benzene ring substituents is 1. The molecule has 0 fully saturated rings. The Morgan fingerprint density at radius 1 is 1.09 bits per heavy atom. The Morgan fingerprint density at radius 2 is 1.86 bits per heavy atom. The quantitative estimate of drug-likeness (QED) is 0.377. The van der Waals surface area contributed by atoms with Crippen LogP contribution >= 0.6 is 0 Å². The van der Waals surface area contributed by atoms with E-state index in [1.165, 1.54) is 18.2 Å². The number of ether oxygens (including phenoxy) is 1. The van der Waals surface area contributed by atoms with Crippen LogP contribution < -0.4 is 0 Å². The second-order valence-electron chi connectivity index (χ2n) is 4.55. The van der Waals surface area contributed by atoms with E-state index >= 15 is 0 Å². The summed E-state index contributed by atoms with van der Waals surface area (Å²) in [7, 11) is 0. The number of carbonyl (C=O) groups excluding carboxylic acids is 1. The van der Waals surface area contributed by atoms with Gasteiger partial charge in [0.05, 0.1) is 4.92 Å². The normalized spacial score (nSPS) is 15.5. The van der Waals surface area contributed by atoms with Gasteiger partial charge < -0.3 is 4.74 Å². The third-order valence-electron chi connectivity index (χ3n) is 3.03. The van der Waals surface area contributed by atoms with Crippen LogP contribution in [0, 0.1) is 10.1 Å². The highest BCUT2D eigenvalue weighted by atomic mass is 16.6. The van der Waals surface area contributed by atoms with E-state index in [0.29, 0.717) is 5.56 Å². The van der Waals surface area contributed by atoms with E-state index in [2.05, 4.69) is 4.99 Å². The van der Waals surface area contributed by atoms with Gasteiger partial charge in [-0.1, -0.05) is 36.4 Å². The zero-order valence-corrected chi connectivity index (χ0v) is 11.3. The Labute approximate surface area is 125 Å². The van der Waals surface area contributed by atoms with E-state index in [-0.39, 0.29) is 17.3 Å². The SMILES string of the molecule is O=C1OC(c2cccc([N+](=O)[O-])c2)=N/C1=C\c1ccccc1. The van der Waals surface area contributed by atoms with Gasteiger partial charge in [0, 0.05) is 17.7 Å². The van der Waals surface area contributed by atoms with Crippen molar-refractivity contribution in [2.24, 2.45) is 4.99 Å². The molecule has 0 N–H and O–H groups in total. The molecule has 0 radical (unpaired) electrons. The Kier molecular flexibility index (Phi) is 3.49. The van der Waals surface area contributed by atoms with Crippen LogP contribution in [0.3, 0.4) is 0 Å². The summed E-state index contributed by atoms with van der Waals surface area (Å²) in [5, 5.41) is 10.8. The number of hydrogen-bond donors (Lipinski definition) is 0. The minimum Gasteiger partial charge on any atom is -0.402 e. The lowest BCUT2D eigenvalue weighted by molar-refractivity contribution is -0.384. The first-order valence-electron chi connectivity index (χ1n) is 6.46. The molecule has 0 aromatic heterocycles. The number of hydrogen-bond acceptors (Lipinski definition) is 5. The van der Waals surface area contributed by atoms with Gasteiger partial charge in [-0.2, -0.15) is 0 Å². The Hall–Kier alpha value is -3.28. The molecule has 0 spiro atoms. The van der Waals surface area contributed by atoms with Crippen molar-refractivity contribution in [3.63, 3.8) is 0 Å². The van der Waals surface area contributed by atoms with Gasteiger partial charge >= 0.3 is 5.97 Å². The molecule has 0 saturated carbocycles. The molecule has 22 heavy (non-hydrogen) atoms. The fraction of sp³-hybridized carbons (Fsp3) is 0. The molecule has 1 heterocycles. The maximum absolute atomic E-state index is 11.8. The number of rotatable bonds is 3. The first-order valence-corrected chi connectivity index (χ1v) is 6.46. The van der Waals surface area contributed by atoms with Crippen LogP contribution in [0.1, 0.15) is 11.1 Å². The third kappa shape index (κ3) is 2.76. The average molecular weight is 294 g/mol. The zero-order chi connectivity index (χ0) is 15.5. The summed E-state index contributed by atoms with van der Waals surface area (Å²) in [4.78, 5) is 26.2. The van der Waals surface area contributed by atoms with Gasteiger partial charge in [0.25, 0.3) is 5.69 Å². The van der Waals surface area contributed by atoms with E-state index in [4.69, 9.17) is 4.74 Å². The Bertz CT molecular complexity index is 810. The lowest BCUT2D eigenvalue weighted by Crippen LogP contribution is -2.05. The molecule has 2 aromatic carbocycles. The first kappa shape index (κ1) is 13.7. The predicted molar refractivity (Wildman–Crippen MR) is 80.1 cm³/mol. The number of aliphatic imine (C=N–C) groups is 1. The number of nitrogens with zero attached hydrogens (tertiary/aromatic N) is 2. The molecule has 6 nitrogen and oxygen atoms in total. The number of nitro groups is 1. The molecule has 0 saturated heterocycles. The van der Waals surface area contributed by atoms with Crippen molar-refractivity contribution < 1.29 is 14.5 Å². The molecule has 0 unspecified atom stereocenters. The smallest absolute Gasteiger partial charge is 0.363 e. The summed E-state index contributed by atoms with van der Waals surface area (Å²) in [5.41, 5.74) is 1.28. The molecule has 108 valence electrons. The van der Waals surface area contributed by atoms with Crippen molar-refractivity contribution in [3.8, 4) is 0 Å². The summed E-state index contributed by atoms with van der Waals surface area (Å²) in [6.07, 6.45) is 1.60. The summed E-state index contributed by atoms with van der Waals surface area (Å²) < 4.78 is 5.09. The van der Waals surface area contributed by atoms with Crippen molar-refractivity contribution in [3.05, 3.63) is 81.5 Å². The summed E-state index contributed by atoms with van der Waals surface area (Å²) in [6, 6.07) is 15.0. The van der Waals surface area contributed by atoms with Crippen molar-refractivity contribution in [1.82, 2.24) is 0 Å². The van der Waals surface area contributed by atoms with Crippen molar-refractivity contribution in [2.45, 2.75) is 0 Å². The number of benzene rings is 2. The van der Waals surface area contributed by atoms with Crippen molar-refractivity contribution in [2.75, 3.05) is 0 Å². The largest absolute Gasteiger partial charge is 0.402 e. The number of esters is 1. The minimum atomic E-state index is -0.578. The highest BCUT2D eigenvalue weighted by Gasteiger charge is 2.25. The molecular weight excluding hydrogens is 284 g/mol. The van der Waals surface area contributed by atoms with Crippen LogP contribution in [-0.2, 0) is 9.53 Å². The van der Waals surface area contributed by atoms with Gasteiger partial charge in [-0.05, 0) is 17.7 Å². The van der Waals surface area contributed by atoms with E-state index < -0.39 is 10.9 Å². The van der Waals surface area contributed by atoms with Gasteiger partial charge in [-0.25, -0.2) is 9.79 Å². The van der Waals surface area contributed by atoms with Crippen LogP contribution in [0.25, 0.3) is 6.08 Å². The van der Waals surface area contributed by atoms with E-state index in [1.807, 2.05) is 30.3 Å². The maximum atomic E-state index is 11.8.